The molecule has 0 aliphatic heterocycles. The van der Waals surface area contributed by atoms with Crippen LogP contribution in [0.5, 0.6) is 0 Å². The van der Waals surface area contributed by atoms with E-state index in [1.54, 1.807) is 0 Å². The molecule has 0 aliphatic carbocycles. The van der Waals surface area contributed by atoms with Gasteiger partial charge in [-0.1, -0.05) is 0 Å². The summed E-state index contributed by atoms with van der Waals surface area (Å²) in [4.78, 5) is 6.41. The van der Waals surface area contributed by atoms with Gasteiger partial charge in [0.25, 0.3) is 0 Å². The van der Waals surface area contributed by atoms with Crippen LogP contribution in [-0.2, 0) is 0 Å². The second-order valence-corrected chi connectivity index (χ2v) is 4.43. The van der Waals surface area contributed by atoms with Gasteiger partial charge in [0, 0.05) is 13.1 Å². The molecular formula is C13H24N4. The van der Waals surface area contributed by atoms with Crippen molar-refractivity contribution in [1.29, 1.82) is 0 Å². The van der Waals surface area contributed by atoms with Gasteiger partial charge in [-0.05, 0) is 46.5 Å². The summed E-state index contributed by atoms with van der Waals surface area (Å²) in [7, 11) is 4.22. The third kappa shape index (κ3) is 6.12. The maximum atomic E-state index is 4.20. The maximum absolute atomic E-state index is 4.20. The lowest BCUT2D eigenvalue weighted by Crippen LogP contribution is -2.14. The number of anilines is 2. The first-order valence-corrected chi connectivity index (χ1v) is 6.30. The van der Waals surface area contributed by atoms with Crippen LogP contribution in [0.3, 0.4) is 0 Å². The Bertz CT molecular complexity index is 312. The molecular weight excluding hydrogens is 212 g/mol. The Kier molecular flexibility index (Phi) is 6.40. The fourth-order valence-corrected chi connectivity index (χ4v) is 1.62. The van der Waals surface area contributed by atoms with Gasteiger partial charge in [-0.2, -0.15) is 0 Å². The lowest BCUT2D eigenvalue weighted by molar-refractivity contribution is 0.396. The minimum Gasteiger partial charge on any atom is -0.384 e. The van der Waals surface area contributed by atoms with Gasteiger partial charge in [0.05, 0.1) is 23.8 Å². The van der Waals surface area contributed by atoms with Gasteiger partial charge >= 0.3 is 0 Å². The Morgan fingerprint density at radius 1 is 1.12 bits per heavy atom. The highest BCUT2D eigenvalue weighted by molar-refractivity contribution is 5.53. The summed E-state index contributed by atoms with van der Waals surface area (Å²) in [6.45, 7) is 5.16. The number of hydrogen-bond donors (Lipinski definition) is 2. The molecule has 4 nitrogen and oxygen atoms in total. The minimum absolute atomic E-state index is 0.925. The molecule has 1 aromatic rings. The summed E-state index contributed by atoms with van der Waals surface area (Å²) in [5.74, 6) is 0. The van der Waals surface area contributed by atoms with E-state index in [-0.39, 0.29) is 0 Å². The maximum Gasteiger partial charge on any atom is 0.0547 e. The van der Waals surface area contributed by atoms with Crippen LogP contribution < -0.4 is 10.6 Å². The number of nitrogens with zero attached hydrogens (tertiary/aromatic N) is 2. The molecule has 1 rings (SSSR count). The fourth-order valence-electron chi connectivity index (χ4n) is 1.62. The van der Waals surface area contributed by atoms with Gasteiger partial charge in [0.2, 0.25) is 0 Å². The summed E-state index contributed by atoms with van der Waals surface area (Å²) < 4.78 is 0. The van der Waals surface area contributed by atoms with Crippen LogP contribution in [0.25, 0.3) is 0 Å². The van der Waals surface area contributed by atoms with Crippen molar-refractivity contribution in [3.05, 3.63) is 18.5 Å². The Morgan fingerprint density at radius 2 is 1.82 bits per heavy atom. The standard InChI is InChI=1S/C13H24N4/c1-4-15-12-9-13(11-14-10-12)16-7-5-6-8-17(2)3/h9-11,15-16H,4-8H2,1-3H3. The number of rotatable bonds is 8. The van der Waals surface area contributed by atoms with Crippen molar-refractivity contribution < 1.29 is 0 Å². The van der Waals surface area contributed by atoms with E-state index in [4.69, 9.17) is 0 Å². The van der Waals surface area contributed by atoms with Crippen LogP contribution in [0.15, 0.2) is 18.5 Å². The predicted molar refractivity (Wildman–Crippen MR) is 74.7 cm³/mol. The Balaban J connectivity index is 2.24. The van der Waals surface area contributed by atoms with E-state index < -0.39 is 0 Å². The molecule has 1 heterocycles. The van der Waals surface area contributed by atoms with Crippen molar-refractivity contribution >= 4 is 11.4 Å². The number of aromatic nitrogens is 1. The second kappa shape index (κ2) is 7.90. The van der Waals surface area contributed by atoms with Gasteiger partial charge in [-0.15, -0.1) is 0 Å². The molecule has 17 heavy (non-hydrogen) atoms. The van der Waals surface area contributed by atoms with Crippen LogP contribution >= 0.6 is 0 Å². The largest absolute Gasteiger partial charge is 0.384 e. The van der Waals surface area contributed by atoms with E-state index in [0.29, 0.717) is 0 Å². The number of pyridine rings is 1. The van der Waals surface area contributed by atoms with E-state index in [1.165, 1.54) is 12.8 Å². The first kappa shape index (κ1) is 13.8. The van der Waals surface area contributed by atoms with Crippen LogP contribution in [-0.4, -0.2) is 43.6 Å². The molecule has 0 atom stereocenters. The topological polar surface area (TPSA) is 40.2 Å². The smallest absolute Gasteiger partial charge is 0.0547 e. The van der Waals surface area contributed by atoms with Crippen LogP contribution in [0.2, 0.25) is 0 Å². The van der Waals surface area contributed by atoms with Gasteiger partial charge in [0.15, 0.2) is 0 Å². The molecule has 0 aromatic carbocycles. The first-order valence-electron chi connectivity index (χ1n) is 6.30. The zero-order valence-electron chi connectivity index (χ0n) is 11.2. The second-order valence-electron chi connectivity index (χ2n) is 4.43. The van der Waals surface area contributed by atoms with E-state index in [2.05, 4.69) is 47.6 Å². The zero-order chi connectivity index (χ0) is 12.5. The van der Waals surface area contributed by atoms with Gasteiger partial charge in [0.1, 0.15) is 0 Å². The Hall–Kier alpha value is -1.29. The average molecular weight is 236 g/mol. The molecule has 0 saturated heterocycles. The van der Waals surface area contributed by atoms with Gasteiger partial charge < -0.3 is 15.5 Å². The van der Waals surface area contributed by atoms with Crippen LogP contribution in [0.1, 0.15) is 19.8 Å². The quantitative estimate of drug-likeness (QED) is 0.679. The molecule has 0 unspecified atom stereocenters. The van der Waals surface area contributed by atoms with Crippen molar-refractivity contribution in [3.63, 3.8) is 0 Å². The Labute approximate surface area is 104 Å². The molecule has 0 amide bonds. The molecule has 0 bridgehead atoms. The zero-order valence-corrected chi connectivity index (χ0v) is 11.2. The van der Waals surface area contributed by atoms with E-state index in [1.807, 2.05) is 12.4 Å². The third-order valence-electron chi connectivity index (χ3n) is 2.48. The number of hydrogen-bond acceptors (Lipinski definition) is 4. The van der Waals surface area contributed by atoms with Gasteiger partial charge in [-0.25, -0.2) is 0 Å². The highest BCUT2D eigenvalue weighted by Gasteiger charge is 1.96. The van der Waals surface area contributed by atoms with Crippen molar-refractivity contribution in [2.24, 2.45) is 0 Å². The lowest BCUT2D eigenvalue weighted by Gasteiger charge is -2.10. The molecule has 96 valence electrons. The number of nitrogens with one attached hydrogen (secondary N) is 2. The summed E-state index contributed by atoms with van der Waals surface area (Å²) in [5, 5.41) is 6.65. The molecule has 0 fully saturated rings. The van der Waals surface area contributed by atoms with Crippen molar-refractivity contribution in [3.8, 4) is 0 Å². The normalized spacial score (nSPS) is 10.6. The highest BCUT2D eigenvalue weighted by Crippen LogP contribution is 2.12. The predicted octanol–water partition coefficient (Wildman–Crippen LogP) is 2.27. The lowest BCUT2D eigenvalue weighted by atomic mass is 10.3. The van der Waals surface area contributed by atoms with E-state index in [9.17, 15) is 0 Å². The molecule has 1 aromatic heterocycles. The molecule has 0 saturated carbocycles. The van der Waals surface area contributed by atoms with Crippen molar-refractivity contribution in [1.82, 2.24) is 9.88 Å². The molecule has 4 heteroatoms. The van der Waals surface area contributed by atoms with Gasteiger partial charge in [-0.3, -0.25) is 4.98 Å². The van der Waals surface area contributed by atoms with E-state index in [0.717, 1.165) is 31.0 Å². The molecule has 0 spiro atoms. The summed E-state index contributed by atoms with van der Waals surface area (Å²) in [6, 6.07) is 2.10. The monoisotopic (exact) mass is 236 g/mol. The molecule has 0 radical (unpaired) electrons. The van der Waals surface area contributed by atoms with Crippen LogP contribution in [0, 0.1) is 0 Å². The molecule has 2 N–H and O–H groups in total. The summed E-state index contributed by atoms with van der Waals surface area (Å²) in [6.07, 6.45) is 6.12. The minimum atomic E-state index is 0.925. The first-order chi connectivity index (χ1) is 8.22. The van der Waals surface area contributed by atoms with Crippen molar-refractivity contribution in [2.75, 3.05) is 44.4 Å². The Morgan fingerprint density at radius 3 is 2.47 bits per heavy atom. The van der Waals surface area contributed by atoms with Crippen molar-refractivity contribution in [2.45, 2.75) is 19.8 Å². The SMILES string of the molecule is CCNc1cncc(NCCCCN(C)C)c1. The van der Waals surface area contributed by atoms with E-state index >= 15 is 0 Å². The molecule has 0 aliphatic rings. The van der Waals surface area contributed by atoms with Crippen LogP contribution in [0.4, 0.5) is 11.4 Å². The number of unbranched alkanes of at least 4 members (excludes halogenated alkanes) is 1. The third-order valence-corrected chi connectivity index (χ3v) is 2.48. The fraction of sp³-hybridized carbons (Fsp3) is 0.615. The summed E-state index contributed by atoms with van der Waals surface area (Å²) in [5.41, 5.74) is 2.17. The highest BCUT2D eigenvalue weighted by atomic mass is 15.0. The average Bonchev–Trinajstić information content (AvgIpc) is 2.29. The summed E-state index contributed by atoms with van der Waals surface area (Å²) >= 11 is 0.